The molecule has 0 amide bonds. The highest BCUT2D eigenvalue weighted by molar-refractivity contribution is 7.89. The van der Waals surface area contributed by atoms with Gasteiger partial charge in [0.1, 0.15) is 0 Å². The Kier molecular flexibility index (Phi) is 5.97. The van der Waals surface area contributed by atoms with Crippen LogP contribution < -0.4 is 4.72 Å². The van der Waals surface area contributed by atoms with Gasteiger partial charge in [0.25, 0.3) is 0 Å². The predicted octanol–water partition coefficient (Wildman–Crippen LogP) is 1.92. The highest BCUT2D eigenvalue weighted by atomic mass is 32.2. The Morgan fingerprint density at radius 3 is 2.37 bits per heavy atom. The Bertz CT molecular complexity index is 508. The number of rotatable bonds is 7. The summed E-state index contributed by atoms with van der Waals surface area (Å²) in [6.45, 7) is 10.9. The third-order valence-corrected chi connectivity index (χ3v) is 4.85. The van der Waals surface area contributed by atoms with Gasteiger partial charge in [0.05, 0.1) is 4.90 Å². The lowest BCUT2D eigenvalue weighted by molar-refractivity contribution is 0.309. The van der Waals surface area contributed by atoms with E-state index in [2.05, 4.69) is 23.5 Å². The minimum absolute atomic E-state index is 0.382. The van der Waals surface area contributed by atoms with Gasteiger partial charge in [-0.05, 0) is 44.1 Å². The summed E-state index contributed by atoms with van der Waals surface area (Å²) in [5.41, 5.74) is 1.73. The Hall–Kier alpha value is -0.910. The van der Waals surface area contributed by atoms with Crippen LogP contribution in [0.2, 0.25) is 0 Å². The van der Waals surface area contributed by atoms with Crippen LogP contribution in [0.1, 0.15) is 25.0 Å². The molecule has 0 aliphatic heterocycles. The molecule has 19 heavy (non-hydrogen) atoms. The molecule has 0 aliphatic rings. The van der Waals surface area contributed by atoms with Crippen molar-refractivity contribution in [1.29, 1.82) is 0 Å². The van der Waals surface area contributed by atoms with Crippen LogP contribution in [0.25, 0.3) is 0 Å². The van der Waals surface area contributed by atoms with Crippen molar-refractivity contribution in [2.75, 3.05) is 26.2 Å². The molecule has 1 aromatic carbocycles. The maximum absolute atomic E-state index is 12.2. The number of nitrogens with one attached hydrogen (secondary N) is 1. The van der Waals surface area contributed by atoms with Crippen molar-refractivity contribution in [3.63, 3.8) is 0 Å². The largest absolute Gasteiger partial charge is 0.303 e. The zero-order valence-electron chi connectivity index (χ0n) is 12.2. The van der Waals surface area contributed by atoms with E-state index in [0.29, 0.717) is 11.4 Å². The van der Waals surface area contributed by atoms with Crippen molar-refractivity contribution in [2.24, 2.45) is 0 Å². The van der Waals surface area contributed by atoms with E-state index in [4.69, 9.17) is 0 Å². The fraction of sp³-hybridized carbons (Fsp3) is 0.571. The van der Waals surface area contributed by atoms with E-state index in [0.717, 1.165) is 30.8 Å². The summed E-state index contributed by atoms with van der Waals surface area (Å²) in [6.07, 6.45) is 0. The van der Waals surface area contributed by atoms with Gasteiger partial charge in [0.15, 0.2) is 0 Å². The molecule has 0 radical (unpaired) electrons. The van der Waals surface area contributed by atoms with Crippen LogP contribution in [0.15, 0.2) is 23.1 Å². The smallest absolute Gasteiger partial charge is 0.240 e. The van der Waals surface area contributed by atoms with E-state index < -0.39 is 10.0 Å². The summed E-state index contributed by atoms with van der Waals surface area (Å²) in [4.78, 5) is 2.57. The second-order valence-electron chi connectivity index (χ2n) is 4.69. The summed E-state index contributed by atoms with van der Waals surface area (Å²) in [7, 11) is -3.40. The fourth-order valence-corrected chi connectivity index (χ4v) is 3.30. The number of hydrogen-bond acceptors (Lipinski definition) is 3. The van der Waals surface area contributed by atoms with Crippen LogP contribution >= 0.6 is 0 Å². The monoisotopic (exact) mass is 284 g/mol. The summed E-state index contributed by atoms with van der Waals surface area (Å²) in [6, 6.07) is 5.48. The van der Waals surface area contributed by atoms with Crippen LogP contribution in [0.5, 0.6) is 0 Å². The molecule has 0 saturated carbocycles. The van der Waals surface area contributed by atoms with Crippen molar-refractivity contribution in [1.82, 2.24) is 9.62 Å². The highest BCUT2D eigenvalue weighted by Gasteiger charge is 2.16. The number of likely N-dealkylation sites (N-methyl/N-ethyl adjacent to an activating group) is 1. The van der Waals surface area contributed by atoms with Crippen LogP contribution in [-0.4, -0.2) is 39.5 Å². The van der Waals surface area contributed by atoms with Crippen LogP contribution in [0.3, 0.4) is 0 Å². The minimum Gasteiger partial charge on any atom is -0.303 e. The lowest BCUT2D eigenvalue weighted by atomic mass is 10.2. The third-order valence-electron chi connectivity index (χ3n) is 3.25. The van der Waals surface area contributed by atoms with E-state index in [1.54, 1.807) is 6.07 Å². The first-order valence-electron chi connectivity index (χ1n) is 6.70. The summed E-state index contributed by atoms with van der Waals surface area (Å²) in [5.74, 6) is 0. The van der Waals surface area contributed by atoms with Gasteiger partial charge in [-0.1, -0.05) is 26.0 Å². The zero-order valence-corrected chi connectivity index (χ0v) is 13.0. The number of sulfonamides is 1. The lowest BCUT2D eigenvalue weighted by Crippen LogP contribution is -2.35. The third kappa shape index (κ3) is 4.60. The number of nitrogens with zero attached hydrogens (tertiary/aromatic N) is 1. The van der Waals surface area contributed by atoms with E-state index in [9.17, 15) is 8.42 Å². The van der Waals surface area contributed by atoms with Gasteiger partial charge in [-0.3, -0.25) is 0 Å². The maximum atomic E-state index is 12.2. The second-order valence-corrected chi connectivity index (χ2v) is 6.43. The molecule has 0 spiro atoms. The first kappa shape index (κ1) is 16.1. The lowest BCUT2D eigenvalue weighted by Gasteiger charge is -2.18. The molecular formula is C14H24N2O2S. The number of benzene rings is 1. The van der Waals surface area contributed by atoms with Crippen molar-refractivity contribution < 1.29 is 8.42 Å². The molecule has 0 fully saturated rings. The molecule has 0 unspecified atom stereocenters. The summed E-state index contributed by atoms with van der Waals surface area (Å²) < 4.78 is 27.1. The standard InChI is InChI=1S/C14H24N2O2S/c1-5-16(6-2)10-9-15-19(17,18)14-11-12(3)7-8-13(14)4/h7-8,11,15H,5-6,9-10H2,1-4H3. The van der Waals surface area contributed by atoms with Gasteiger partial charge >= 0.3 is 0 Å². The van der Waals surface area contributed by atoms with E-state index >= 15 is 0 Å². The zero-order chi connectivity index (χ0) is 14.5. The SMILES string of the molecule is CCN(CC)CCNS(=O)(=O)c1cc(C)ccc1C. The van der Waals surface area contributed by atoms with Gasteiger partial charge in [-0.2, -0.15) is 0 Å². The quantitative estimate of drug-likeness (QED) is 0.832. The highest BCUT2D eigenvalue weighted by Crippen LogP contribution is 2.16. The van der Waals surface area contributed by atoms with Crippen molar-refractivity contribution in [3.8, 4) is 0 Å². The first-order valence-corrected chi connectivity index (χ1v) is 8.18. The molecule has 4 nitrogen and oxygen atoms in total. The topological polar surface area (TPSA) is 49.4 Å². The molecule has 0 aliphatic carbocycles. The number of aryl methyl sites for hydroxylation is 2. The van der Waals surface area contributed by atoms with E-state index in [-0.39, 0.29) is 0 Å². The average Bonchev–Trinajstić information content (AvgIpc) is 2.37. The normalized spacial score (nSPS) is 12.1. The van der Waals surface area contributed by atoms with Crippen molar-refractivity contribution in [2.45, 2.75) is 32.6 Å². The molecule has 108 valence electrons. The molecule has 0 bridgehead atoms. The molecule has 1 rings (SSSR count). The predicted molar refractivity (Wildman–Crippen MR) is 78.9 cm³/mol. The maximum Gasteiger partial charge on any atom is 0.240 e. The number of hydrogen-bond donors (Lipinski definition) is 1. The van der Waals surface area contributed by atoms with Gasteiger partial charge in [-0.15, -0.1) is 0 Å². The molecule has 1 aromatic rings. The molecule has 0 heterocycles. The molecule has 0 saturated heterocycles. The Labute approximate surface area is 116 Å². The van der Waals surface area contributed by atoms with E-state index in [1.807, 2.05) is 26.0 Å². The Morgan fingerprint density at radius 1 is 1.16 bits per heavy atom. The second kappa shape index (κ2) is 7.03. The molecular weight excluding hydrogens is 260 g/mol. The molecule has 0 aromatic heterocycles. The van der Waals surface area contributed by atoms with Gasteiger partial charge in [-0.25, -0.2) is 13.1 Å². The van der Waals surface area contributed by atoms with Gasteiger partial charge in [0.2, 0.25) is 10.0 Å². The minimum atomic E-state index is -3.40. The van der Waals surface area contributed by atoms with Crippen LogP contribution in [0.4, 0.5) is 0 Å². The van der Waals surface area contributed by atoms with Crippen molar-refractivity contribution >= 4 is 10.0 Å². The summed E-state index contributed by atoms with van der Waals surface area (Å²) >= 11 is 0. The average molecular weight is 284 g/mol. The van der Waals surface area contributed by atoms with E-state index in [1.165, 1.54) is 0 Å². The molecule has 5 heteroatoms. The van der Waals surface area contributed by atoms with Gasteiger partial charge in [0, 0.05) is 13.1 Å². The molecule has 1 N–H and O–H groups in total. The Balaban J connectivity index is 2.73. The van der Waals surface area contributed by atoms with Crippen LogP contribution in [0, 0.1) is 13.8 Å². The summed E-state index contributed by atoms with van der Waals surface area (Å²) in [5, 5.41) is 0. The fourth-order valence-electron chi connectivity index (χ4n) is 1.95. The van der Waals surface area contributed by atoms with Gasteiger partial charge < -0.3 is 4.90 Å². The van der Waals surface area contributed by atoms with Crippen LogP contribution in [-0.2, 0) is 10.0 Å². The van der Waals surface area contributed by atoms with Crippen molar-refractivity contribution in [3.05, 3.63) is 29.3 Å². The first-order chi connectivity index (χ1) is 8.90. The Morgan fingerprint density at radius 2 is 1.79 bits per heavy atom. The molecule has 0 atom stereocenters.